The second-order valence-electron chi connectivity index (χ2n) is 6.82. The zero-order chi connectivity index (χ0) is 14.0. The molecule has 0 aromatic heterocycles. The Hall–Kier alpha value is -0.513. The van der Waals surface area contributed by atoms with E-state index in [9.17, 15) is 0 Å². The van der Waals surface area contributed by atoms with Crippen molar-refractivity contribution in [1.82, 2.24) is 0 Å². The van der Waals surface area contributed by atoms with Gasteiger partial charge in [0.05, 0.1) is 0 Å². The smallest absolute Gasteiger partial charge is 0.205 e. The first-order valence-corrected chi connectivity index (χ1v) is 11.6. The van der Waals surface area contributed by atoms with Gasteiger partial charge in [-0.05, 0) is 61.9 Å². The Morgan fingerprint density at radius 2 is 1.95 bits per heavy atom. The van der Waals surface area contributed by atoms with Crippen LogP contribution in [0.2, 0.25) is 19.1 Å². The molecule has 3 rings (SSSR count). The molecule has 0 radical (unpaired) electrons. The van der Waals surface area contributed by atoms with E-state index in [1.54, 1.807) is 12.0 Å². The highest BCUT2D eigenvalue weighted by Gasteiger charge is 2.36. The molecule has 2 bridgehead atoms. The summed E-state index contributed by atoms with van der Waals surface area (Å²) in [7, 11) is -1.54. The van der Waals surface area contributed by atoms with Crippen LogP contribution in [0.4, 0.5) is 0 Å². The Kier molecular flexibility index (Phi) is 4.39. The van der Waals surface area contributed by atoms with Crippen LogP contribution < -0.4 is 0 Å². The van der Waals surface area contributed by atoms with E-state index in [4.69, 9.17) is 3.87 Å². The predicted molar refractivity (Wildman–Crippen MR) is 89.1 cm³/mol. The highest BCUT2D eigenvalue weighted by molar-refractivity contribution is 7.95. The quantitative estimate of drug-likeness (QED) is 0.389. The molecule has 20 heavy (non-hydrogen) atoms. The summed E-state index contributed by atoms with van der Waals surface area (Å²) in [5.74, 6) is 2.71. The van der Waals surface area contributed by atoms with Crippen LogP contribution in [0.1, 0.15) is 19.3 Å². The number of rotatable bonds is 6. The molecule has 0 saturated heterocycles. The van der Waals surface area contributed by atoms with Crippen molar-refractivity contribution in [1.29, 1.82) is 0 Å². The zero-order valence-corrected chi connectivity index (χ0v) is 14.2. The summed E-state index contributed by atoms with van der Waals surface area (Å²) in [6.45, 7) is 4.71. The Bertz CT molecular complexity index is 471. The minimum absolute atomic E-state index is 0.881. The highest BCUT2D eigenvalue weighted by Crippen LogP contribution is 2.46. The maximum absolute atomic E-state index is 6.19. The van der Waals surface area contributed by atoms with E-state index >= 15 is 0 Å². The van der Waals surface area contributed by atoms with Crippen LogP contribution in [0.25, 0.3) is 0 Å². The van der Waals surface area contributed by atoms with E-state index < -0.39 is 8.32 Å². The Balaban J connectivity index is 1.45. The number of fused-ring (bicyclic) bond motifs is 2. The number of hydrogen-bond donors (Lipinski definition) is 0. The van der Waals surface area contributed by atoms with Crippen molar-refractivity contribution in [2.75, 3.05) is 0 Å². The summed E-state index contributed by atoms with van der Waals surface area (Å²) in [5.41, 5.74) is 0. The molecule has 0 aliphatic heterocycles. The van der Waals surface area contributed by atoms with Crippen molar-refractivity contribution in [3.05, 3.63) is 42.5 Å². The maximum atomic E-state index is 6.19. The molecule has 0 N–H and O–H groups in total. The lowest BCUT2D eigenvalue weighted by molar-refractivity contribution is 0.426. The lowest BCUT2D eigenvalue weighted by atomic mass is 9.91. The van der Waals surface area contributed by atoms with Crippen LogP contribution in [0.5, 0.6) is 0 Å². The van der Waals surface area contributed by atoms with Gasteiger partial charge in [0.2, 0.25) is 8.32 Å². The van der Waals surface area contributed by atoms with Crippen LogP contribution in [-0.2, 0) is 3.87 Å². The lowest BCUT2D eigenvalue weighted by Crippen LogP contribution is -2.28. The van der Waals surface area contributed by atoms with Crippen molar-refractivity contribution in [2.45, 2.75) is 43.3 Å². The molecule has 3 heteroatoms. The SMILES string of the molecule is C[Si](C)(CCC1CC2C=CC1C2)OSc1ccccc1. The van der Waals surface area contributed by atoms with E-state index in [0.29, 0.717) is 0 Å². The van der Waals surface area contributed by atoms with E-state index in [2.05, 4.69) is 55.6 Å². The molecule has 0 heterocycles. The average molecular weight is 305 g/mol. The Morgan fingerprint density at radius 3 is 2.60 bits per heavy atom. The molecule has 1 aromatic rings. The fourth-order valence-electron chi connectivity index (χ4n) is 3.44. The van der Waals surface area contributed by atoms with Crippen LogP contribution in [0.3, 0.4) is 0 Å². The van der Waals surface area contributed by atoms with Gasteiger partial charge in [-0.1, -0.05) is 36.8 Å². The molecule has 1 aromatic carbocycles. The summed E-state index contributed by atoms with van der Waals surface area (Å²) in [4.78, 5) is 1.22. The second-order valence-corrected chi connectivity index (χ2v) is 12.1. The van der Waals surface area contributed by atoms with Crippen molar-refractivity contribution in [3.8, 4) is 0 Å². The molecule has 1 fully saturated rings. The third-order valence-corrected chi connectivity index (χ3v) is 8.74. The van der Waals surface area contributed by atoms with Gasteiger partial charge < -0.3 is 3.87 Å². The predicted octanol–water partition coefficient (Wildman–Crippen LogP) is 5.52. The summed E-state index contributed by atoms with van der Waals surface area (Å²) in [6, 6.07) is 11.7. The van der Waals surface area contributed by atoms with Gasteiger partial charge in [-0.15, -0.1) is 0 Å². The molecule has 0 spiro atoms. The van der Waals surface area contributed by atoms with Gasteiger partial charge in [-0.25, -0.2) is 0 Å². The van der Waals surface area contributed by atoms with Crippen LogP contribution in [0, 0.1) is 17.8 Å². The molecule has 3 atom stereocenters. The fourth-order valence-corrected chi connectivity index (χ4v) is 6.39. The first-order chi connectivity index (χ1) is 9.62. The molecule has 3 unspecified atom stereocenters. The molecule has 0 amide bonds. The summed E-state index contributed by atoms with van der Waals surface area (Å²) in [6.07, 6.45) is 9.11. The van der Waals surface area contributed by atoms with Crippen LogP contribution >= 0.6 is 12.0 Å². The van der Waals surface area contributed by atoms with Gasteiger partial charge in [0.15, 0.2) is 0 Å². The molecular formula is C17H24OSSi. The second kappa shape index (κ2) is 6.08. The highest BCUT2D eigenvalue weighted by atomic mass is 32.2. The summed E-state index contributed by atoms with van der Waals surface area (Å²) in [5, 5.41) is 0. The topological polar surface area (TPSA) is 9.23 Å². The Morgan fingerprint density at radius 1 is 1.15 bits per heavy atom. The van der Waals surface area contributed by atoms with E-state index in [-0.39, 0.29) is 0 Å². The van der Waals surface area contributed by atoms with Gasteiger partial charge >= 0.3 is 0 Å². The van der Waals surface area contributed by atoms with Crippen LogP contribution in [0.15, 0.2) is 47.4 Å². The average Bonchev–Trinajstić information content (AvgIpc) is 3.07. The largest absolute Gasteiger partial charge is 0.354 e. The molecule has 2 aliphatic carbocycles. The number of hydrogen-bond acceptors (Lipinski definition) is 2. The van der Waals surface area contributed by atoms with E-state index in [1.807, 2.05) is 0 Å². The van der Waals surface area contributed by atoms with Crippen molar-refractivity contribution >= 4 is 20.4 Å². The number of benzene rings is 1. The van der Waals surface area contributed by atoms with E-state index in [0.717, 1.165) is 17.8 Å². The van der Waals surface area contributed by atoms with Crippen molar-refractivity contribution in [3.63, 3.8) is 0 Å². The maximum Gasteiger partial charge on any atom is 0.205 e. The van der Waals surface area contributed by atoms with Crippen molar-refractivity contribution in [2.24, 2.45) is 17.8 Å². The van der Waals surface area contributed by atoms with Crippen molar-refractivity contribution < 1.29 is 3.87 Å². The standard InChI is InChI=1S/C17H24OSSi/c1-20(2,18-19-17-6-4-3-5-7-17)11-10-16-13-14-8-9-15(16)12-14/h3-9,14-16H,10-13H2,1-2H3. The molecule has 1 saturated carbocycles. The first-order valence-electron chi connectivity index (χ1n) is 7.71. The van der Waals surface area contributed by atoms with Gasteiger partial charge in [0, 0.05) is 16.9 Å². The minimum Gasteiger partial charge on any atom is -0.354 e. The van der Waals surface area contributed by atoms with Gasteiger partial charge in [0.25, 0.3) is 0 Å². The number of allylic oxidation sites excluding steroid dienone is 2. The molecule has 1 nitrogen and oxygen atoms in total. The van der Waals surface area contributed by atoms with Gasteiger partial charge in [-0.3, -0.25) is 0 Å². The summed E-state index contributed by atoms with van der Waals surface area (Å²) < 4.78 is 6.19. The third-order valence-electron chi connectivity index (χ3n) is 4.64. The minimum atomic E-state index is -1.54. The van der Waals surface area contributed by atoms with Gasteiger partial charge in [0.1, 0.15) is 0 Å². The fraction of sp³-hybridized carbons (Fsp3) is 0.529. The lowest BCUT2D eigenvalue weighted by Gasteiger charge is -2.25. The third kappa shape index (κ3) is 3.57. The summed E-state index contributed by atoms with van der Waals surface area (Å²) >= 11 is 1.57. The first kappa shape index (κ1) is 14.4. The van der Waals surface area contributed by atoms with Gasteiger partial charge in [-0.2, -0.15) is 0 Å². The normalized spacial score (nSPS) is 28.2. The monoisotopic (exact) mass is 304 g/mol. The Labute approximate surface area is 128 Å². The zero-order valence-electron chi connectivity index (χ0n) is 12.4. The molecule has 108 valence electrons. The van der Waals surface area contributed by atoms with E-state index in [1.165, 1.54) is 30.2 Å². The molecular weight excluding hydrogens is 280 g/mol. The molecule has 2 aliphatic rings. The van der Waals surface area contributed by atoms with Crippen LogP contribution in [-0.4, -0.2) is 8.32 Å².